The van der Waals surface area contributed by atoms with Crippen molar-refractivity contribution in [2.24, 2.45) is 0 Å². The SMILES string of the molecule is CCCOc1ccc(C(COC2CCOC2)NCC)cc1. The van der Waals surface area contributed by atoms with Gasteiger partial charge in [0.2, 0.25) is 0 Å². The maximum Gasteiger partial charge on any atom is 0.119 e. The zero-order valence-electron chi connectivity index (χ0n) is 13.1. The predicted molar refractivity (Wildman–Crippen MR) is 83.8 cm³/mol. The lowest BCUT2D eigenvalue weighted by Gasteiger charge is -2.21. The third kappa shape index (κ3) is 5.30. The van der Waals surface area contributed by atoms with E-state index < -0.39 is 0 Å². The van der Waals surface area contributed by atoms with E-state index in [1.165, 1.54) is 5.56 Å². The number of rotatable bonds is 9. The molecule has 2 unspecified atom stereocenters. The molecule has 0 aromatic heterocycles. The second-order valence-corrected chi connectivity index (χ2v) is 5.35. The summed E-state index contributed by atoms with van der Waals surface area (Å²) < 4.78 is 16.9. The molecule has 2 atom stereocenters. The molecule has 118 valence electrons. The molecule has 1 fully saturated rings. The van der Waals surface area contributed by atoms with E-state index in [0.29, 0.717) is 6.61 Å². The van der Waals surface area contributed by atoms with Crippen molar-refractivity contribution < 1.29 is 14.2 Å². The first-order chi connectivity index (χ1) is 10.3. The average molecular weight is 293 g/mol. The number of hydrogen-bond donors (Lipinski definition) is 1. The van der Waals surface area contributed by atoms with E-state index in [0.717, 1.165) is 45.0 Å². The first kappa shape index (κ1) is 16.3. The molecule has 1 aromatic carbocycles. The Bertz CT molecular complexity index is 388. The van der Waals surface area contributed by atoms with Crippen molar-refractivity contribution >= 4 is 0 Å². The molecular weight excluding hydrogens is 266 g/mol. The largest absolute Gasteiger partial charge is 0.494 e. The number of likely N-dealkylation sites (N-methyl/N-ethyl adjacent to an activating group) is 1. The van der Waals surface area contributed by atoms with Crippen LogP contribution in [0.3, 0.4) is 0 Å². The lowest BCUT2D eigenvalue weighted by atomic mass is 10.1. The zero-order chi connectivity index (χ0) is 14.9. The van der Waals surface area contributed by atoms with Crippen molar-refractivity contribution in [3.63, 3.8) is 0 Å². The molecule has 0 aliphatic carbocycles. The Labute approximate surface area is 127 Å². The van der Waals surface area contributed by atoms with Crippen LogP contribution < -0.4 is 10.1 Å². The monoisotopic (exact) mass is 293 g/mol. The summed E-state index contributed by atoms with van der Waals surface area (Å²) in [6, 6.07) is 8.53. The quantitative estimate of drug-likeness (QED) is 0.760. The molecule has 2 rings (SSSR count). The molecule has 0 amide bonds. The standard InChI is InChI=1S/C17H27NO3/c1-3-10-20-15-7-5-14(6-8-15)17(18-4-2)13-21-16-9-11-19-12-16/h5-8,16-18H,3-4,9-13H2,1-2H3. The van der Waals surface area contributed by atoms with E-state index >= 15 is 0 Å². The van der Waals surface area contributed by atoms with Crippen LogP contribution >= 0.6 is 0 Å². The number of nitrogens with one attached hydrogen (secondary N) is 1. The minimum atomic E-state index is 0.218. The van der Waals surface area contributed by atoms with Crippen LogP contribution in [0.25, 0.3) is 0 Å². The molecule has 1 aliphatic heterocycles. The second-order valence-electron chi connectivity index (χ2n) is 5.35. The summed E-state index contributed by atoms with van der Waals surface area (Å²) in [4.78, 5) is 0. The van der Waals surface area contributed by atoms with Gasteiger partial charge in [0.05, 0.1) is 32.0 Å². The highest BCUT2D eigenvalue weighted by Crippen LogP contribution is 2.20. The Hall–Kier alpha value is -1.10. The Kier molecular flexibility index (Phi) is 7.00. The van der Waals surface area contributed by atoms with Gasteiger partial charge < -0.3 is 19.5 Å². The topological polar surface area (TPSA) is 39.7 Å². The highest BCUT2D eigenvalue weighted by atomic mass is 16.5. The first-order valence-electron chi connectivity index (χ1n) is 7.99. The van der Waals surface area contributed by atoms with E-state index in [9.17, 15) is 0 Å². The van der Waals surface area contributed by atoms with Crippen LogP contribution in [0.4, 0.5) is 0 Å². The fourth-order valence-corrected chi connectivity index (χ4v) is 2.41. The maximum atomic E-state index is 5.95. The first-order valence-corrected chi connectivity index (χ1v) is 7.99. The normalized spacial score (nSPS) is 19.6. The molecule has 0 radical (unpaired) electrons. The summed E-state index contributed by atoms with van der Waals surface area (Å²) in [5.74, 6) is 0.931. The third-order valence-corrected chi connectivity index (χ3v) is 3.59. The van der Waals surface area contributed by atoms with Crippen molar-refractivity contribution in [1.82, 2.24) is 5.32 Å². The van der Waals surface area contributed by atoms with Gasteiger partial charge in [0, 0.05) is 6.61 Å². The number of ether oxygens (including phenoxy) is 3. The predicted octanol–water partition coefficient (Wildman–Crippen LogP) is 2.93. The molecule has 1 heterocycles. The highest BCUT2D eigenvalue weighted by molar-refractivity contribution is 5.29. The summed E-state index contributed by atoms with van der Waals surface area (Å²) in [6.45, 7) is 8.13. The van der Waals surface area contributed by atoms with E-state index in [1.807, 2.05) is 12.1 Å². The second kappa shape index (κ2) is 9.03. The summed E-state index contributed by atoms with van der Waals surface area (Å²) >= 11 is 0. The van der Waals surface area contributed by atoms with Crippen molar-refractivity contribution in [2.45, 2.75) is 38.8 Å². The van der Waals surface area contributed by atoms with Crippen molar-refractivity contribution in [2.75, 3.05) is 33.0 Å². The van der Waals surface area contributed by atoms with Gasteiger partial charge in [-0.2, -0.15) is 0 Å². The molecule has 4 heteroatoms. The van der Waals surface area contributed by atoms with Crippen LogP contribution in [0, 0.1) is 0 Å². The van der Waals surface area contributed by atoms with Crippen LogP contribution in [0.15, 0.2) is 24.3 Å². The van der Waals surface area contributed by atoms with Crippen molar-refractivity contribution in [1.29, 1.82) is 0 Å². The molecular formula is C17H27NO3. The molecule has 1 saturated heterocycles. The van der Waals surface area contributed by atoms with Gasteiger partial charge in [-0.3, -0.25) is 0 Å². The lowest BCUT2D eigenvalue weighted by Crippen LogP contribution is -2.28. The molecule has 0 spiro atoms. The summed E-state index contributed by atoms with van der Waals surface area (Å²) in [5.41, 5.74) is 1.24. The Morgan fingerprint density at radius 2 is 2.10 bits per heavy atom. The van der Waals surface area contributed by atoms with Crippen LogP contribution in [0.5, 0.6) is 5.75 Å². The van der Waals surface area contributed by atoms with Gasteiger partial charge in [-0.05, 0) is 37.1 Å². The highest BCUT2D eigenvalue weighted by Gasteiger charge is 2.19. The van der Waals surface area contributed by atoms with Gasteiger partial charge >= 0.3 is 0 Å². The van der Waals surface area contributed by atoms with Crippen LogP contribution in [0.1, 0.15) is 38.3 Å². The van der Waals surface area contributed by atoms with E-state index in [2.05, 4.69) is 31.3 Å². The number of benzene rings is 1. The number of hydrogen-bond acceptors (Lipinski definition) is 4. The van der Waals surface area contributed by atoms with E-state index in [-0.39, 0.29) is 12.1 Å². The molecule has 1 aliphatic rings. The minimum absolute atomic E-state index is 0.218. The van der Waals surface area contributed by atoms with Gasteiger partial charge in [0.1, 0.15) is 5.75 Å². The molecule has 1 N–H and O–H groups in total. The molecule has 0 bridgehead atoms. The molecule has 0 saturated carbocycles. The van der Waals surface area contributed by atoms with Crippen LogP contribution in [-0.2, 0) is 9.47 Å². The maximum absolute atomic E-state index is 5.95. The summed E-state index contributed by atoms with van der Waals surface area (Å²) in [7, 11) is 0. The summed E-state index contributed by atoms with van der Waals surface area (Å²) in [6.07, 6.45) is 2.28. The molecule has 4 nitrogen and oxygen atoms in total. The van der Waals surface area contributed by atoms with Crippen LogP contribution in [0.2, 0.25) is 0 Å². The zero-order valence-corrected chi connectivity index (χ0v) is 13.1. The smallest absolute Gasteiger partial charge is 0.119 e. The van der Waals surface area contributed by atoms with Crippen molar-refractivity contribution in [3.8, 4) is 5.75 Å². The minimum Gasteiger partial charge on any atom is -0.494 e. The van der Waals surface area contributed by atoms with Gasteiger partial charge in [-0.25, -0.2) is 0 Å². The Morgan fingerprint density at radius 1 is 1.29 bits per heavy atom. The van der Waals surface area contributed by atoms with Gasteiger partial charge in [0.15, 0.2) is 0 Å². The Morgan fingerprint density at radius 3 is 2.71 bits per heavy atom. The third-order valence-electron chi connectivity index (χ3n) is 3.59. The van der Waals surface area contributed by atoms with E-state index in [4.69, 9.17) is 14.2 Å². The fourth-order valence-electron chi connectivity index (χ4n) is 2.41. The Balaban J connectivity index is 1.89. The van der Waals surface area contributed by atoms with E-state index in [1.54, 1.807) is 0 Å². The van der Waals surface area contributed by atoms with Crippen LogP contribution in [-0.4, -0.2) is 39.1 Å². The van der Waals surface area contributed by atoms with Gasteiger partial charge in [-0.15, -0.1) is 0 Å². The lowest BCUT2D eigenvalue weighted by molar-refractivity contribution is 0.0299. The molecule has 21 heavy (non-hydrogen) atoms. The van der Waals surface area contributed by atoms with Crippen molar-refractivity contribution in [3.05, 3.63) is 29.8 Å². The average Bonchev–Trinajstić information content (AvgIpc) is 3.03. The summed E-state index contributed by atoms with van der Waals surface area (Å²) in [5, 5.41) is 3.48. The fraction of sp³-hybridized carbons (Fsp3) is 0.647. The molecule has 1 aromatic rings. The van der Waals surface area contributed by atoms with Gasteiger partial charge in [0.25, 0.3) is 0 Å². The van der Waals surface area contributed by atoms with Gasteiger partial charge in [-0.1, -0.05) is 26.0 Å².